The fourth-order valence-corrected chi connectivity index (χ4v) is 2.92. The van der Waals surface area contributed by atoms with E-state index in [1.807, 2.05) is 50.2 Å². The highest BCUT2D eigenvalue weighted by atomic mass is 16.6. The second kappa shape index (κ2) is 9.21. The highest BCUT2D eigenvalue weighted by Crippen LogP contribution is 2.19. The van der Waals surface area contributed by atoms with Gasteiger partial charge >= 0.3 is 12.2 Å². The Morgan fingerprint density at radius 3 is 1.82 bits per heavy atom. The summed E-state index contributed by atoms with van der Waals surface area (Å²) in [5, 5.41) is 0. The van der Waals surface area contributed by atoms with Crippen LogP contribution < -0.4 is 9.80 Å². The lowest BCUT2D eigenvalue weighted by Crippen LogP contribution is -2.37. The van der Waals surface area contributed by atoms with Gasteiger partial charge in [-0.05, 0) is 51.0 Å². The van der Waals surface area contributed by atoms with Gasteiger partial charge in [-0.15, -0.1) is 0 Å². The van der Waals surface area contributed by atoms with Crippen molar-refractivity contribution in [2.24, 2.45) is 0 Å². The van der Waals surface area contributed by atoms with E-state index in [4.69, 9.17) is 9.47 Å². The molecule has 0 saturated carbocycles. The van der Waals surface area contributed by atoms with Gasteiger partial charge in [0.25, 0.3) is 0 Å². The number of hydrogen-bond acceptors (Lipinski definition) is 5. The molecule has 0 N–H and O–H groups in total. The summed E-state index contributed by atoms with van der Waals surface area (Å²) in [6, 6.07) is 11.7. The van der Waals surface area contributed by atoms with E-state index in [0.717, 1.165) is 36.5 Å². The third-order valence-corrected chi connectivity index (χ3v) is 4.50. The number of hydrogen-bond donors (Lipinski definition) is 0. The number of ether oxygens (including phenoxy) is 2. The molecule has 2 aliphatic rings. The topological polar surface area (TPSA) is 72.0 Å². The minimum absolute atomic E-state index is 0.236. The molecule has 0 bridgehead atoms. The van der Waals surface area contributed by atoms with Crippen molar-refractivity contribution in [2.45, 2.75) is 26.7 Å². The Balaban J connectivity index is 0.000000161. The first-order valence-electron chi connectivity index (χ1n) is 9.42. The highest BCUT2D eigenvalue weighted by molar-refractivity contribution is 5.88. The standard InChI is InChI=1S/C11H13NO2.C10H12N2O2/c1-9-3-5-10(6-4-9)12-7-2-8-14-11(12)13;1-8-3-4-9(7-11-8)12-5-2-6-14-10(12)13/h3-6H,2,7-8H2,1H3;3-4,7H,2,5-6H2,1H3. The zero-order valence-electron chi connectivity index (χ0n) is 16.3. The maximum atomic E-state index is 11.4. The van der Waals surface area contributed by atoms with Gasteiger partial charge in [0.2, 0.25) is 0 Å². The van der Waals surface area contributed by atoms with Crippen LogP contribution in [0.5, 0.6) is 0 Å². The number of benzene rings is 1. The van der Waals surface area contributed by atoms with Crippen LogP contribution in [0.2, 0.25) is 0 Å². The molecule has 2 aromatic rings. The molecule has 7 heteroatoms. The minimum atomic E-state index is -0.276. The first-order valence-corrected chi connectivity index (χ1v) is 9.42. The van der Waals surface area contributed by atoms with E-state index >= 15 is 0 Å². The van der Waals surface area contributed by atoms with E-state index in [1.165, 1.54) is 5.56 Å². The SMILES string of the molecule is Cc1ccc(N2CCCOC2=O)cc1.Cc1ccc(N2CCCOC2=O)cn1. The Morgan fingerprint density at radius 2 is 1.32 bits per heavy atom. The fourth-order valence-electron chi connectivity index (χ4n) is 2.92. The van der Waals surface area contributed by atoms with Crippen molar-refractivity contribution < 1.29 is 19.1 Å². The number of amides is 2. The molecule has 2 amide bonds. The minimum Gasteiger partial charge on any atom is -0.449 e. The molecule has 0 spiro atoms. The molecule has 3 heterocycles. The maximum Gasteiger partial charge on any atom is 0.414 e. The number of aryl methyl sites for hydroxylation is 2. The first kappa shape index (κ1) is 19.7. The van der Waals surface area contributed by atoms with Crippen LogP contribution in [-0.2, 0) is 9.47 Å². The lowest BCUT2D eigenvalue weighted by molar-refractivity contribution is 0.139. The molecule has 0 unspecified atom stereocenters. The van der Waals surface area contributed by atoms with Gasteiger partial charge in [0.05, 0.1) is 25.1 Å². The molecule has 7 nitrogen and oxygen atoms in total. The van der Waals surface area contributed by atoms with Crippen molar-refractivity contribution >= 4 is 23.6 Å². The summed E-state index contributed by atoms with van der Waals surface area (Å²) in [6.45, 7) is 6.47. The predicted octanol–water partition coefficient (Wildman–Crippen LogP) is 4.08. The second-order valence-corrected chi connectivity index (χ2v) is 6.73. The third-order valence-electron chi connectivity index (χ3n) is 4.50. The molecule has 2 saturated heterocycles. The average Bonchev–Trinajstić information content (AvgIpc) is 2.71. The number of aromatic nitrogens is 1. The van der Waals surface area contributed by atoms with Gasteiger partial charge in [-0.2, -0.15) is 0 Å². The Morgan fingerprint density at radius 1 is 0.786 bits per heavy atom. The summed E-state index contributed by atoms with van der Waals surface area (Å²) < 4.78 is 9.90. The Labute approximate surface area is 164 Å². The number of carbonyl (C=O) groups is 2. The molecule has 0 atom stereocenters. The van der Waals surface area contributed by atoms with Gasteiger partial charge in [-0.3, -0.25) is 14.8 Å². The lowest BCUT2D eigenvalue weighted by atomic mass is 10.2. The van der Waals surface area contributed by atoms with Crippen molar-refractivity contribution in [3.05, 3.63) is 53.9 Å². The van der Waals surface area contributed by atoms with Gasteiger partial charge in [-0.1, -0.05) is 17.7 Å². The monoisotopic (exact) mass is 383 g/mol. The van der Waals surface area contributed by atoms with Crippen molar-refractivity contribution in [3.8, 4) is 0 Å². The van der Waals surface area contributed by atoms with E-state index in [9.17, 15) is 9.59 Å². The zero-order valence-corrected chi connectivity index (χ0v) is 16.3. The molecular weight excluding hydrogens is 358 g/mol. The van der Waals surface area contributed by atoms with Crippen LogP contribution in [0.15, 0.2) is 42.6 Å². The molecule has 0 radical (unpaired) electrons. The number of carbonyl (C=O) groups excluding carboxylic acids is 2. The van der Waals surface area contributed by atoms with E-state index in [-0.39, 0.29) is 12.2 Å². The molecule has 0 aliphatic carbocycles. The van der Waals surface area contributed by atoms with E-state index in [2.05, 4.69) is 4.98 Å². The van der Waals surface area contributed by atoms with Crippen molar-refractivity contribution in [1.29, 1.82) is 0 Å². The average molecular weight is 383 g/mol. The largest absolute Gasteiger partial charge is 0.449 e. The summed E-state index contributed by atoms with van der Waals surface area (Å²) in [5.74, 6) is 0. The molecule has 28 heavy (non-hydrogen) atoms. The highest BCUT2D eigenvalue weighted by Gasteiger charge is 2.21. The van der Waals surface area contributed by atoms with Crippen LogP contribution in [0.25, 0.3) is 0 Å². The summed E-state index contributed by atoms with van der Waals surface area (Å²) in [4.78, 5) is 30.2. The normalized spacial score (nSPS) is 16.6. The first-order chi connectivity index (χ1) is 13.5. The molecule has 1 aromatic heterocycles. The molecule has 148 valence electrons. The molecule has 2 aliphatic heterocycles. The van der Waals surface area contributed by atoms with Crippen LogP contribution in [0, 0.1) is 13.8 Å². The quantitative estimate of drug-likeness (QED) is 0.781. The van der Waals surface area contributed by atoms with Gasteiger partial charge in [-0.25, -0.2) is 9.59 Å². The number of pyridine rings is 1. The maximum absolute atomic E-state index is 11.4. The van der Waals surface area contributed by atoms with Crippen LogP contribution in [-0.4, -0.2) is 43.5 Å². The summed E-state index contributed by atoms with van der Waals surface area (Å²) in [6.07, 6.45) is 2.96. The van der Waals surface area contributed by atoms with Crippen molar-refractivity contribution in [2.75, 3.05) is 36.1 Å². The summed E-state index contributed by atoms with van der Waals surface area (Å²) >= 11 is 0. The van der Waals surface area contributed by atoms with Gasteiger partial charge in [0.15, 0.2) is 0 Å². The van der Waals surface area contributed by atoms with Gasteiger partial charge in [0, 0.05) is 24.5 Å². The zero-order chi connectivity index (χ0) is 19.9. The number of cyclic esters (lactones) is 2. The van der Waals surface area contributed by atoms with E-state index < -0.39 is 0 Å². The Bertz CT molecular complexity index is 736. The van der Waals surface area contributed by atoms with E-state index in [1.54, 1.807) is 16.0 Å². The summed E-state index contributed by atoms with van der Waals surface area (Å²) in [5.41, 5.74) is 3.86. The van der Waals surface area contributed by atoms with Crippen LogP contribution in [0.4, 0.5) is 21.0 Å². The molecule has 4 rings (SSSR count). The number of rotatable bonds is 2. The Kier molecular flexibility index (Phi) is 6.47. The van der Waals surface area contributed by atoms with E-state index in [0.29, 0.717) is 19.8 Å². The molecule has 1 aromatic carbocycles. The van der Waals surface area contributed by atoms with Gasteiger partial charge < -0.3 is 9.47 Å². The smallest absolute Gasteiger partial charge is 0.414 e. The predicted molar refractivity (Wildman–Crippen MR) is 107 cm³/mol. The lowest BCUT2D eigenvalue weighted by Gasteiger charge is -2.26. The molecule has 2 fully saturated rings. The number of anilines is 2. The summed E-state index contributed by atoms with van der Waals surface area (Å²) in [7, 11) is 0. The Hall–Kier alpha value is -3.09. The van der Waals surface area contributed by atoms with Crippen molar-refractivity contribution in [1.82, 2.24) is 4.98 Å². The number of nitrogens with zero attached hydrogens (tertiary/aromatic N) is 3. The van der Waals surface area contributed by atoms with Crippen LogP contribution >= 0.6 is 0 Å². The fraction of sp³-hybridized carbons (Fsp3) is 0.381. The molecular formula is C21H25N3O4. The van der Waals surface area contributed by atoms with Crippen LogP contribution in [0.1, 0.15) is 24.1 Å². The third kappa shape index (κ3) is 5.00. The second-order valence-electron chi connectivity index (χ2n) is 6.73. The van der Waals surface area contributed by atoms with Crippen molar-refractivity contribution in [3.63, 3.8) is 0 Å². The van der Waals surface area contributed by atoms with Crippen LogP contribution in [0.3, 0.4) is 0 Å². The van der Waals surface area contributed by atoms with Gasteiger partial charge in [0.1, 0.15) is 0 Å².